The van der Waals surface area contributed by atoms with Crippen LogP contribution in [0, 0.1) is 11.8 Å². The van der Waals surface area contributed by atoms with E-state index in [1.54, 1.807) is 0 Å². The molecule has 0 saturated carbocycles. The minimum absolute atomic E-state index is 0.0349. The van der Waals surface area contributed by atoms with Gasteiger partial charge in [0.2, 0.25) is 0 Å². The molecule has 0 aliphatic rings. The Bertz CT molecular complexity index is 938. The molecule has 4 nitrogen and oxygen atoms in total. The summed E-state index contributed by atoms with van der Waals surface area (Å²) in [6, 6.07) is 25.2. The van der Waals surface area contributed by atoms with Crippen molar-refractivity contribution < 1.29 is 18.4 Å². The molecule has 0 radical (unpaired) electrons. The van der Waals surface area contributed by atoms with Crippen LogP contribution < -0.4 is 10.4 Å². The molecule has 0 aliphatic carbocycles. The van der Waals surface area contributed by atoms with Gasteiger partial charge in [-0.15, -0.1) is 0 Å². The monoisotopic (exact) mass is 584 g/mol. The van der Waals surface area contributed by atoms with Crippen molar-refractivity contribution in [2.45, 2.75) is 110 Å². The van der Waals surface area contributed by atoms with Crippen molar-refractivity contribution in [2.75, 3.05) is 13.7 Å². The second kappa shape index (κ2) is 16.0. The predicted octanol–water partition coefficient (Wildman–Crippen LogP) is 7.96. The molecule has 3 atom stereocenters. The molecule has 40 heavy (non-hydrogen) atoms. The molecule has 0 amide bonds. The van der Waals surface area contributed by atoms with Gasteiger partial charge in [0.25, 0.3) is 8.32 Å². The SMILES string of the molecule is CC[Si](CC)(CC)OC(CC[C@H](C)CC(=O)OC)[C@H](C)CCO[Si](c1ccccc1)(c1ccccc1)C(C)(C)C. The number of rotatable bonds is 17. The lowest BCUT2D eigenvalue weighted by atomic mass is 9.93. The largest absolute Gasteiger partial charge is 0.469 e. The van der Waals surface area contributed by atoms with Crippen LogP contribution in [0.15, 0.2) is 60.7 Å². The lowest BCUT2D eigenvalue weighted by Crippen LogP contribution is -2.66. The molecular formula is C34H56O4Si2. The van der Waals surface area contributed by atoms with Gasteiger partial charge in [-0.05, 0) is 64.6 Å². The molecular weight excluding hydrogens is 529 g/mol. The third kappa shape index (κ3) is 8.88. The molecule has 2 rings (SSSR count). The summed E-state index contributed by atoms with van der Waals surface area (Å²) in [6.45, 7) is 19.1. The van der Waals surface area contributed by atoms with Crippen LogP contribution in [0.2, 0.25) is 23.2 Å². The van der Waals surface area contributed by atoms with E-state index in [2.05, 4.69) is 116 Å². The zero-order valence-corrected chi connectivity index (χ0v) is 28.8. The summed E-state index contributed by atoms with van der Waals surface area (Å²) >= 11 is 0. The Morgan fingerprint density at radius 3 is 1.73 bits per heavy atom. The second-order valence-corrected chi connectivity index (χ2v) is 21.7. The maximum absolute atomic E-state index is 11.9. The molecule has 0 spiro atoms. The topological polar surface area (TPSA) is 44.8 Å². The summed E-state index contributed by atoms with van der Waals surface area (Å²) in [5, 5.41) is 2.60. The molecule has 6 heteroatoms. The van der Waals surface area contributed by atoms with Crippen molar-refractivity contribution in [1.29, 1.82) is 0 Å². The molecule has 0 fully saturated rings. The standard InChI is InChI=1S/C34H56O4Si2/c1-10-39(11-2,12-3)38-32(24-23-28(4)27-33(35)36-9)29(5)25-26-37-40(34(6,7)8,30-19-15-13-16-20-30)31-21-17-14-18-22-31/h13-22,28-29,32H,10-12,23-27H2,1-9H3/t28-,29+,32?/m0/s1. The minimum Gasteiger partial charge on any atom is -0.469 e. The third-order valence-electron chi connectivity index (χ3n) is 8.96. The third-order valence-corrected chi connectivity index (χ3v) is 18.7. The summed E-state index contributed by atoms with van der Waals surface area (Å²) in [5.41, 5.74) is 0. The van der Waals surface area contributed by atoms with E-state index in [-0.39, 0.29) is 23.0 Å². The Hall–Kier alpha value is -1.74. The van der Waals surface area contributed by atoms with Gasteiger partial charge in [0.15, 0.2) is 8.32 Å². The van der Waals surface area contributed by atoms with Gasteiger partial charge in [-0.2, -0.15) is 0 Å². The van der Waals surface area contributed by atoms with Crippen LogP contribution in [0.25, 0.3) is 0 Å². The Kier molecular flexibility index (Phi) is 13.8. The highest BCUT2D eigenvalue weighted by Crippen LogP contribution is 2.37. The van der Waals surface area contributed by atoms with E-state index in [1.165, 1.54) is 17.5 Å². The van der Waals surface area contributed by atoms with Gasteiger partial charge in [0, 0.05) is 19.1 Å². The maximum Gasteiger partial charge on any atom is 0.305 e. The Morgan fingerprint density at radius 1 is 0.800 bits per heavy atom. The first-order valence-corrected chi connectivity index (χ1v) is 19.9. The van der Waals surface area contributed by atoms with Crippen LogP contribution in [-0.4, -0.2) is 42.4 Å². The fourth-order valence-electron chi connectivity index (χ4n) is 6.04. The van der Waals surface area contributed by atoms with E-state index in [0.29, 0.717) is 18.9 Å². The molecule has 0 bridgehead atoms. The molecule has 0 heterocycles. The number of esters is 1. The van der Waals surface area contributed by atoms with E-state index in [1.807, 2.05) is 0 Å². The summed E-state index contributed by atoms with van der Waals surface area (Å²) in [4.78, 5) is 11.9. The number of methoxy groups -OCH3 is 1. The average Bonchev–Trinajstić information content (AvgIpc) is 2.96. The smallest absolute Gasteiger partial charge is 0.305 e. The van der Waals surface area contributed by atoms with Crippen molar-refractivity contribution in [2.24, 2.45) is 11.8 Å². The summed E-state index contributed by atoms with van der Waals surface area (Å²) < 4.78 is 19.3. The first-order valence-electron chi connectivity index (χ1n) is 15.5. The van der Waals surface area contributed by atoms with Crippen molar-refractivity contribution >= 4 is 33.0 Å². The summed E-state index contributed by atoms with van der Waals surface area (Å²) in [6.07, 6.45) is 3.51. The van der Waals surface area contributed by atoms with Crippen molar-refractivity contribution in [3.63, 3.8) is 0 Å². The van der Waals surface area contributed by atoms with Crippen LogP contribution in [0.3, 0.4) is 0 Å². The van der Waals surface area contributed by atoms with Crippen molar-refractivity contribution in [3.8, 4) is 0 Å². The molecule has 224 valence electrons. The highest BCUT2D eigenvalue weighted by Gasteiger charge is 2.50. The van der Waals surface area contributed by atoms with Gasteiger partial charge < -0.3 is 13.6 Å². The first kappa shape index (κ1) is 34.5. The van der Waals surface area contributed by atoms with E-state index in [0.717, 1.165) is 37.4 Å². The Labute approximate surface area is 247 Å². The molecule has 0 saturated heterocycles. The zero-order chi connectivity index (χ0) is 29.8. The number of hydrogen-bond donors (Lipinski definition) is 0. The molecule has 0 aliphatic heterocycles. The molecule has 1 unspecified atom stereocenters. The van der Waals surface area contributed by atoms with E-state index < -0.39 is 16.6 Å². The van der Waals surface area contributed by atoms with E-state index >= 15 is 0 Å². The van der Waals surface area contributed by atoms with Gasteiger partial charge in [0.05, 0.1) is 7.11 Å². The van der Waals surface area contributed by atoms with Gasteiger partial charge >= 0.3 is 5.97 Å². The highest BCUT2D eigenvalue weighted by molar-refractivity contribution is 6.99. The number of benzene rings is 2. The van der Waals surface area contributed by atoms with Gasteiger partial charge in [-0.25, -0.2) is 0 Å². The molecule has 0 aromatic heterocycles. The number of ether oxygens (including phenoxy) is 1. The quantitative estimate of drug-likeness (QED) is 0.140. The first-order chi connectivity index (χ1) is 19.0. The van der Waals surface area contributed by atoms with E-state index in [9.17, 15) is 4.79 Å². The van der Waals surface area contributed by atoms with Crippen molar-refractivity contribution in [3.05, 3.63) is 60.7 Å². The summed E-state index contributed by atoms with van der Waals surface area (Å²) in [5.74, 6) is 0.510. The van der Waals surface area contributed by atoms with Crippen LogP contribution in [0.1, 0.15) is 81.1 Å². The average molecular weight is 585 g/mol. The van der Waals surface area contributed by atoms with Crippen LogP contribution in [-0.2, 0) is 18.4 Å². The lowest BCUT2D eigenvalue weighted by Gasteiger charge is -2.43. The Morgan fingerprint density at radius 2 is 1.30 bits per heavy atom. The number of hydrogen-bond acceptors (Lipinski definition) is 4. The molecule has 2 aromatic rings. The van der Waals surface area contributed by atoms with Crippen LogP contribution >= 0.6 is 0 Å². The minimum atomic E-state index is -2.56. The summed E-state index contributed by atoms with van der Waals surface area (Å²) in [7, 11) is -2.88. The molecule has 0 N–H and O–H groups in total. The number of carbonyl (C=O) groups excluding carboxylic acids is 1. The van der Waals surface area contributed by atoms with Crippen molar-refractivity contribution in [1.82, 2.24) is 0 Å². The lowest BCUT2D eigenvalue weighted by molar-refractivity contribution is -0.141. The second-order valence-electron chi connectivity index (χ2n) is 12.6. The normalized spacial score (nSPS) is 14.9. The van der Waals surface area contributed by atoms with Crippen LogP contribution in [0.4, 0.5) is 0 Å². The fraction of sp³-hybridized carbons (Fsp3) is 0.618. The zero-order valence-electron chi connectivity index (χ0n) is 26.8. The number of carbonyl (C=O) groups is 1. The van der Waals surface area contributed by atoms with Gasteiger partial charge in [-0.1, -0.05) is 116 Å². The highest BCUT2D eigenvalue weighted by atomic mass is 28.4. The van der Waals surface area contributed by atoms with Gasteiger partial charge in [0.1, 0.15) is 0 Å². The predicted molar refractivity (Wildman–Crippen MR) is 174 cm³/mol. The maximum atomic E-state index is 11.9. The molecule has 2 aromatic carbocycles. The fourth-order valence-corrected chi connectivity index (χ4v) is 13.6. The Balaban J connectivity index is 2.30. The van der Waals surface area contributed by atoms with Crippen LogP contribution in [0.5, 0.6) is 0 Å². The van der Waals surface area contributed by atoms with E-state index in [4.69, 9.17) is 13.6 Å². The van der Waals surface area contributed by atoms with Gasteiger partial charge in [-0.3, -0.25) is 4.79 Å².